The van der Waals surface area contributed by atoms with Crippen molar-refractivity contribution in [2.24, 2.45) is 0 Å². The van der Waals surface area contributed by atoms with Crippen LogP contribution in [0.4, 0.5) is 5.69 Å². The van der Waals surface area contributed by atoms with Crippen molar-refractivity contribution in [2.45, 2.75) is 31.7 Å². The molecule has 2 aromatic carbocycles. The number of likely N-dealkylation sites (tertiary alicyclic amines) is 1. The maximum atomic E-state index is 13.0. The van der Waals surface area contributed by atoms with Gasteiger partial charge in [-0.2, -0.15) is 0 Å². The van der Waals surface area contributed by atoms with Crippen LogP contribution in [-0.2, 0) is 14.4 Å². The molecule has 3 rings (SSSR count). The molecule has 1 fully saturated rings. The van der Waals surface area contributed by atoms with Crippen LogP contribution in [0.3, 0.4) is 0 Å². The largest absolute Gasteiger partial charge is 0.507 e. The standard InChI is InChI=1S/C25H28N2O5/c1-26(2)19-14-12-17(13-15-19)22-21(23(30)18-9-5-3-6-10-18)24(31)25(32)27(22)16-8-4-7-11-20(28)29/h3,5-6,9-10,12-15,22,30H,4,7-8,11,16H2,1-2H3,(H,28,29)/b23-21+. The van der Waals surface area contributed by atoms with E-state index in [1.165, 1.54) is 4.90 Å². The Hall–Kier alpha value is -3.61. The number of amides is 1. The SMILES string of the molecule is CN(C)c1ccc(C2/C(=C(\O)c3ccccc3)C(=O)C(=O)N2CCCCCC(=O)O)cc1. The lowest BCUT2D eigenvalue weighted by Crippen LogP contribution is -2.30. The molecule has 1 aliphatic rings. The van der Waals surface area contributed by atoms with Gasteiger partial charge in [-0.3, -0.25) is 14.4 Å². The average Bonchev–Trinajstić information content (AvgIpc) is 3.03. The van der Waals surface area contributed by atoms with Gasteiger partial charge in [0, 0.05) is 38.3 Å². The average molecular weight is 437 g/mol. The summed E-state index contributed by atoms with van der Waals surface area (Å²) in [7, 11) is 3.85. The number of rotatable bonds is 9. The number of anilines is 1. The summed E-state index contributed by atoms with van der Waals surface area (Å²) in [6, 6.07) is 15.6. The summed E-state index contributed by atoms with van der Waals surface area (Å²) in [5.41, 5.74) is 2.26. The number of carbonyl (C=O) groups excluding carboxylic acids is 2. The third kappa shape index (κ3) is 4.99. The Kier molecular flexibility index (Phi) is 7.30. The molecule has 1 unspecified atom stereocenters. The van der Waals surface area contributed by atoms with Gasteiger partial charge in [0.15, 0.2) is 0 Å². The minimum absolute atomic E-state index is 0.0717. The molecule has 0 saturated carbocycles. The molecule has 1 heterocycles. The number of aliphatic hydroxyl groups is 1. The number of aliphatic carboxylic acids is 1. The maximum Gasteiger partial charge on any atom is 0.303 e. The van der Waals surface area contributed by atoms with Gasteiger partial charge in [-0.05, 0) is 30.5 Å². The zero-order valence-electron chi connectivity index (χ0n) is 18.3. The zero-order chi connectivity index (χ0) is 23.3. The predicted molar refractivity (Wildman–Crippen MR) is 122 cm³/mol. The quantitative estimate of drug-likeness (QED) is 0.268. The highest BCUT2D eigenvalue weighted by Crippen LogP contribution is 2.40. The summed E-state index contributed by atoms with van der Waals surface area (Å²) in [6.07, 6.45) is 1.77. The number of carboxylic acid groups (broad SMARTS) is 1. The smallest absolute Gasteiger partial charge is 0.303 e. The van der Waals surface area contributed by atoms with Gasteiger partial charge < -0.3 is 20.0 Å². The maximum absolute atomic E-state index is 13.0. The zero-order valence-corrected chi connectivity index (χ0v) is 18.3. The normalized spacial score (nSPS) is 17.6. The van der Waals surface area contributed by atoms with Gasteiger partial charge in [0.05, 0.1) is 11.6 Å². The van der Waals surface area contributed by atoms with E-state index in [9.17, 15) is 19.5 Å². The van der Waals surface area contributed by atoms with Gasteiger partial charge in [0.25, 0.3) is 11.7 Å². The van der Waals surface area contributed by atoms with Gasteiger partial charge in [0.1, 0.15) is 5.76 Å². The summed E-state index contributed by atoms with van der Waals surface area (Å²) in [4.78, 5) is 40.1. The van der Waals surface area contributed by atoms with Crippen molar-refractivity contribution < 1.29 is 24.6 Å². The van der Waals surface area contributed by atoms with Crippen molar-refractivity contribution in [3.05, 3.63) is 71.3 Å². The second-order valence-corrected chi connectivity index (χ2v) is 8.05. The van der Waals surface area contributed by atoms with E-state index in [4.69, 9.17) is 5.11 Å². The number of hydrogen-bond acceptors (Lipinski definition) is 5. The molecule has 1 amide bonds. The van der Waals surface area contributed by atoms with E-state index in [-0.39, 0.29) is 17.8 Å². The molecular formula is C25H28N2O5. The van der Waals surface area contributed by atoms with Gasteiger partial charge in [-0.1, -0.05) is 48.9 Å². The Morgan fingerprint density at radius 2 is 1.59 bits per heavy atom. The molecular weight excluding hydrogens is 408 g/mol. The van der Waals surface area contributed by atoms with E-state index in [1.54, 1.807) is 24.3 Å². The summed E-state index contributed by atoms with van der Waals surface area (Å²) in [6.45, 7) is 0.301. The van der Waals surface area contributed by atoms with E-state index in [0.717, 1.165) is 11.3 Å². The number of ketones is 1. The number of carbonyl (C=O) groups is 3. The van der Waals surface area contributed by atoms with Crippen LogP contribution < -0.4 is 4.90 Å². The first-order valence-corrected chi connectivity index (χ1v) is 10.6. The molecule has 7 nitrogen and oxygen atoms in total. The molecule has 0 bridgehead atoms. The molecule has 0 aromatic heterocycles. The van der Waals surface area contributed by atoms with E-state index in [0.29, 0.717) is 31.4 Å². The second-order valence-electron chi connectivity index (χ2n) is 8.05. The molecule has 2 aromatic rings. The first kappa shape index (κ1) is 23.1. The number of nitrogens with zero attached hydrogens (tertiary/aromatic N) is 2. The van der Waals surface area contributed by atoms with E-state index < -0.39 is 23.7 Å². The Morgan fingerprint density at radius 3 is 2.19 bits per heavy atom. The first-order chi connectivity index (χ1) is 15.3. The molecule has 1 saturated heterocycles. The fourth-order valence-corrected chi connectivity index (χ4v) is 3.90. The molecule has 32 heavy (non-hydrogen) atoms. The lowest BCUT2D eigenvalue weighted by atomic mass is 9.95. The summed E-state index contributed by atoms with van der Waals surface area (Å²) in [5.74, 6) is -2.41. The Morgan fingerprint density at radius 1 is 0.938 bits per heavy atom. The highest BCUT2D eigenvalue weighted by Gasteiger charge is 2.45. The minimum atomic E-state index is -0.853. The van der Waals surface area contributed by atoms with E-state index in [1.807, 2.05) is 49.3 Å². The van der Waals surface area contributed by atoms with Crippen molar-refractivity contribution in [1.82, 2.24) is 4.90 Å². The number of benzene rings is 2. The molecule has 0 aliphatic carbocycles. The first-order valence-electron chi connectivity index (χ1n) is 10.6. The minimum Gasteiger partial charge on any atom is -0.507 e. The van der Waals surface area contributed by atoms with Gasteiger partial charge in [0.2, 0.25) is 0 Å². The molecule has 1 atom stereocenters. The van der Waals surface area contributed by atoms with Gasteiger partial charge in [-0.25, -0.2) is 0 Å². The Bertz CT molecular complexity index is 1010. The third-order valence-electron chi connectivity index (χ3n) is 5.60. The van der Waals surface area contributed by atoms with E-state index >= 15 is 0 Å². The van der Waals surface area contributed by atoms with Crippen LogP contribution in [0.25, 0.3) is 5.76 Å². The highest BCUT2D eigenvalue weighted by atomic mass is 16.4. The molecule has 0 radical (unpaired) electrons. The van der Waals surface area contributed by atoms with Crippen LogP contribution >= 0.6 is 0 Å². The number of carboxylic acids is 1. The molecule has 168 valence electrons. The molecule has 2 N–H and O–H groups in total. The molecule has 7 heteroatoms. The number of unbranched alkanes of at least 4 members (excludes halogenated alkanes) is 2. The van der Waals surface area contributed by atoms with Crippen LogP contribution in [0.5, 0.6) is 0 Å². The Labute approximate surface area is 187 Å². The predicted octanol–water partition coefficient (Wildman–Crippen LogP) is 3.82. The van der Waals surface area contributed by atoms with Gasteiger partial charge >= 0.3 is 5.97 Å². The van der Waals surface area contributed by atoms with Crippen LogP contribution in [0.15, 0.2) is 60.2 Å². The topological polar surface area (TPSA) is 98.2 Å². The number of hydrogen-bond donors (Lipinski definition) is 2. The van der Waals surface area contributed by atoms with Gasteiger partial charge in [-0.15, -0.1) is 0 Å². The lowest BCUT2D eigenvalue weighted by Gasteiger charge is -2.26. The third-order valence-corrected chi connectivity index (χ3v) is 5.60. The van der Waals surface area contributed by atoms with Crippen LogP contribution in [0.1, 0.15) is 42.9 Å². The molecule has 1 aliphatic heterocycles. The summed E-state index contributed by atoms with van der Waals surface area (Å²) in [5, 5.41) is 19.8. The van der Waals surface area contributed by atoms with E-state index in [2.05, 4.69) is 0 Å². The second kappa shape index (κ2) is 10.1. The fraction of sp³-hybridized carbons (Fsp3) is 0.320. The molecule has 0 spiro atoms. The van der Waals surface area contributed by atoms with Crippen molar-refractivity contribution in [3.63, 3.8) is 0 Å². The Balaban J connectivity index is 1.97. The van der Waals surface area contributed by atoms with Crippen molar-refractivity contribution in [2.75, 3.05) is 25.5 Å². The lowest BCUT2D eigenvalue weighted by molar-refractivity contribution is -0.140. The van der Waals surface area contributed by atoms with Crippen molar-refractivity contribution in [3.8, 4) is 0 Å². The highest BCUT2D eigenvalue weighted by molar-refractivity contribution is 6.46. The summed E-state index contributed by atoms with van der Waals surface area (Å²) < 4.78 is 0. The fourth-order valence-electron chi connectivity index (χ4n) is 3.90. The summed E-state index contributed by atoms with van der Waals surface area (Å²) >= 11 is 0. The van der Waals surface area contributed by atoms with Crippen LogP contribution in [-0.4, -0.2) is 53.4 Å². The van der Waals surface area contributed by atoms with Crippen molar-refractivity contribution >= 4 is 29.1 Å². The van der Waals surface area contributed by atoms with Crippen molar-refractivity contribution in [1.29, 1.82) is 0 Å². The number of aliphatic hydroxyl groups excluding tert-OH is 1. The van der Waals surface area contributed by atoms with Crippen LogP contribution in [0.2, 0.25) is 0 Å². The van der Waals surface area contributed by atoms with Crippen LogP contribution in [0, 0.1) is 0 Å². The number of Topliss-reactive ketones (excluding diaryl/α,β-unsaturated/α-hetero) is 1. The monoisotopic (exact) mass is 436 g/mol.